The number of hydrogen-bond acceptors (Lipinski definition) is 2. The molecule has 2 nitrogen and oxygen atoms in total. The van der Waals surface area contributed by atoms with E-state index in [-0.39, 0.29) is 6.04 Å². The Morgan fingerprint density at radius 2 is 2.21 bits per heavy atom. The van der Waals surface area contributed by atoms with Crippen molar-refractivity contribution < 1.29 is 4.74 Å². The number of ether oxygens (including phenoxy) is 1. The summed E-state index contributed by atoms with van der Waals surface area (Å²) in [5.74, 6) is 0.536. The largest absolute Gasteiger partial charge is 0.375 e. The van der Waals surface area contributed by atoms with Crippen LogP contribution in [0.25, 0.3) is 0 Å². The zero-order chi connectivity index (χ0) is 10.1. The second-order valence-electron chi connectivity index (χ2n) is 4.20. The summed E-state index contributed by atoms with van der Waals surface area (Å²) in [6.07, 6.45) is 0. The molecule has 2 rings (SSSR count). The topological polar surface area (TPSA) is 35.2 Å². The molecule has 1 aromatic rings. The van der Waals surface area contributed by atoms with Gasteiger partial charge in [-0.3, -0.25) is 0 Å². The van der Waals surface area contributed by atoms with Crippen LogP contribution in [0.2, 0.25) is 0 Å². The zero-order valence-corrected chi connectivity index (χ0v) is 8.79. The van der Waals surface area contributed by atoms with E-state index in [4.69, 9.17) is 10.5 Å². The molecular weight excluding hydrogens is 174 g/mol. The summed E-state index contributed by atoms with van der Waals surface area (Å²) < 4.78 is 5.42. The van der Waals surface area contributed by atoms with Gasteiger partial charge >= 0.3 is 0 Å². The summed E-state index contributed by atoms with van der Waals surface area (Å²) in [4.78, 5) is 0. The first kappa shape index (κ1) is 9.69. The van der Waals surface area contributed by atoms with Crippen molar-refractivity contribution in [2.75, 3.05) is 6.61 Å². The third kappa shape index (κ3) is 1.56. The predicted molar refractivity (Wildman–Crippen MR) is 57.1 cm³/mol. The van der Waals surface area contributed by atoms with Crippen molar-refractivity contribution in [3.05, 3.63) is 34.9 Å². The standard InChI is InChI=1S/C12H17NO/c1-8(2)10-5-3-4-9-6-14-7-11(13)12(9)10/h3-5,8,11H,6-7,13H2,1-2H3/t11-/m0/s1. The molecule has 0 spiro atoms. The molecule has 76 valence electrons. The molecule has 0 saturated heterocycles. The Labute approximate surface area is 85.1 Å². The molecular formula is C12H17NO. The molecule has 14 heavy (non-hydrogen) atoms. The van der Waals surface area contributed by atoms with Crippen molar-refractivity contribution >= 4 is 0 Å². The maximum Gasteiger partial charge on any atom is 0.0721 e. The van der Waals surface area contributed by atoms with Crippen LogP contribution in [0.15, 0.2) is 18.2 Å². The first-order valence-electron chi connectivity index (χ1n) is 5.15. The summed E-state index contributed by atoms with van der Waals surface area (Å²) in [5, 5.41) is 0. The lowest BCUT2D eigenvalue weighted by Gasteiger charge is -2.26. The van der Waals surface area contributed by atoms with Crippen molar-refractivity contribution in [2.45, 2.75) is 32.4 Å². The maximum absolute atomic E-state index is 6.06. The summed E-state index contributed by atoms with van der Waals surface area (Å²) in [6, 6.07) is 6.43. The third-order valence-corrected chi connectivity index (χ3v) is 2.78. The molecule has 0 saturated carbocycles. The Morgan fingerprint density at radius 3 is 2.93 bits per heavy atom. The smallest absolute Gasteiger partial charge is 0.0721 e. The summed E-state index contributed by atoms with van der Waals surface area (Å²) in [7, 11) is 0. The van der Waals surface area contributed by atoms with Gasteiger partial charge < -0.3 is 10.5 Å². The van der Waals surface area contributed by atoms with Gasteiger partial charge in [-0.15, -0.1) is 0 Å². The number of nitrogens with two attached hydrogens (primary N) is 1. The van der Waals surface area contributed by atoms with Crippen LogP contribution in [0.3, 0.4) is 0 Å². The van der Waals surface area contributed by atoms with Gasteiger partial charge in [-0.2, -0.15) is 0 Å². The third-order valence-electron chi connectivity index (χ3n) is 2.78. The van der Waals surface area contributed by atoms with E-state index in [0.717, 1.165) is 0 Å². The van der Waals surface area contributed by atoms with E-state index >= 15 is 0 Å². The Balaban J connectivity index is 2.52. The van der Waals surface area contributed by atoms with Crippen LogP contribution in [-0.4, -0.2) is 6.61 Å². The molecule has 1 atom stereocenters. The second kappa shape index (κ2) is 3.71. The highest BCUT2D eigenvalue weighted by Crippen LogP contribution is 2.30. The van der Waals surface area contributed by atoms with Gasteiger partial charge in [-0.25, -0.2) is 0 Å². The fourth-order valence-electron chi connectivity index (χ4n) is 2.09. The van der Waals surface area contributed by atoms with Crippen molar-refractivity contribution in [2.24, 2.45) is 5.73 Å². The molecule has 0 unspecified atom stereocenters. The molecule has 0 radical (unpaired) electrons. The molecule has 0 aliphatic carbocycles. The quantitative estimate of drug-likeness (QED) is 0.739. The van der Waals surface area contributed by atoms with Crippen LogP contribution >= 0.6 is 0 Å². The minimum atomic E-state index is 0.0531. The van der Waals surface area contributed by atoms with Crippen molar-refractivity contribution in [1.29, 1.82) is 0 Å². The van der Waals surface area contributed by atoms with Crippen molar-refractivity contribution in [3.8, 4) is 0 Å². The monoisotopic (exact) mass is 191 g/mol. The summed E-state index contributed by atoms with van der Waals surface area (Å²) in [6.45, 7) is 5.77. The average molecular weight is 191 g/mol. The van der Waals surface area contributed by atoms with E-state index in [1.807, 2.05) is 0 Å². The van der Waals surface area contributed by atoms with Gasteiger partial charge in [0.15, 0.2) is 0 Å². The molecule has 0 aromatic heterocycles. The SMILES string of the molecule is CC(C)c1cccc2c1[C@@H](N)COC2. The number of rotatable bonds is 1. The van der Waals surface area contributed by atoms with E-state index in [1.54, 1.807) is 0 Å². The highest BCUT2D eigenvalue weighted by atomic mass is 16.5. The Hall–Kier alpha value is -0.860. The Bertz CT molecular complexity index is 333. The first-order chi connectivity index (χ1) is 6.70. The minimum absolute atomic E-state index is 0.0531. The predicted octanol–water partition coefficient (Wildman–Crippen LogP) is 2.34. The van der Waals surface area contributed by atoms with E-state index in [0.29, 0.717) is 19.1 Å². The lowest BCUT2D eigenvalue weighted by atomic mass is 9.88. The number of fused-ring (bicyclic) bond motifs is 1. The molecule has 0 bridgehead atoms. The fourth-order valence-corrected chi connectivity index (χ4v) is 2.09. The maximum atomic E-state index is 6.06. The van der Waals surface area contributed by atoms with E-state index in [2.05, 4.69) is 32.0 Å². The van der Waals surface area contributed by atoms with Gasteiger partial charge in [-0.05, 0) is 22.6 Å². The van der Waals surface area contributed by atoms with Crippen LogP contribution in [0, 0.1) is 0 Å². The molecule has 2 heteroatoms. The fraction of sp³-hybridized carbons (Fsp3) is 0.500. The average Bonchev–Trinajstić information content (AvgIpc) is 2.17. The van der Waals surface area contributed by atoms with E-state index in [1.165, 1.54) is 16.7 Å². The van der Waals surface area contributed by atoms with E-state index < -0.39 is 0 Å². The molecule has 1 aliphatic rings. The lowest BCUT2D eigenvalue weighted by Crippen LogP contribution is -2.25. The number of hydrogen-bond donors (Lipinski definition) is 1. The molecule has 2 N–H and O–H groups in total. The van der Waals surface area contributed by atoms with Gasteiger partial charge in [0.05, 0.1) is 19.3 Å². The van der Waals surface area contributed by atoms with Gasteiger partial charge in [0.2, 0.25) is 0 Å². The van der Waals surface area contributed by atoms with Crippen LogP contribution in [0.4, 0.5) is 0 Å². The molecule has 0 amide bonds. The molecule has 0 fully saturated rings. The lowest BCUT2D eigenvalue weighted by molar-refractivity contribution is 0.0919. The summed E-state index contributed by atoms with van der Waals surface area (Å²) in [5.41, 5.74) is 10.0. The van der Waals surface area contributed by atoms with Crippen LogP contribution < -0.4 is 5.73 Å². The van der Waals surface area contributed by atoms with E-state index in [9.17, 15) is 0 Å². The van der Waals surface area contributed by atoms with Crippen LogP contribution in [0.5, 0.6) is 0 Å². The first-order valence-corrected chi connectivity index (χ1v) is 5.15. The van der Waals surface area contributed by atoms with Crippen LogP contribution in [-0.2, 0) is 11.3 Å². The van der Waals surface area contributed by atoms with Crippen LogP contribution in [0.1, 0.15) is 42.5 Å². The second-order valence-corrected chi connectivity index (χ2v) is 4.20. The highest BCUT2D eigenvalue weighted by Gasteiger charge is 2.21. The molecule has 1 heterocycles. The summed E-state index contributed by atoms with van der Waals surface area (Å²) >= 11 is 0. The zero-order valence-electron chi connectivity index (χ0n) is 8.79. The molecule has 1 aliphatic heterocycles. The van der Waals surface area contributed by atoms with Crippen molar-refractivity contribution in [3.63, 3.8) is 0 Å². The van der Waals surface area contributed by atoms with Gasteiger partial charge in [0, 0.05) is 0 Å². The normalized spacial score (nSPS) is 21.0. The highest BCUT2D eigenvalue weighted by molar-refractivity contribution is 5.40. The van der Waals surface area contributed by atoms with Gasteiger partial charge in [0.1, 0.15) is 0 Å². The van der Waals surface area contributed by atoms with Crippen molar-refractivity contribution in [1.82, 2.24) is 0 Å². The Kier molecular flexibility index (Phi) is 2.57. The van der Waals surface area contributed by atoms with Gasteiger partial charge in [0.25, 0.3) is 0 Å². The van der Waals surface area contributed by atoms with Gasteiger partial charge in [-0.1, -0.05) is 32.0 Å². The molecule has 1 aromatic carbocycles. The number of benzene rings is 1. The minimum Gasteiger partial charge on any atom is -0.375 e. The Morgan fingerprint density at radius 1 is 1.43 bits per heavy atom.